The SMILES string of the molecule is Cc1ncc(CNCC(O)c2c(F)cccc2F)n1-c1ccccc1. The van der Waals surface area contributed by atoms with Gasteiger partial charge in [-0.1, -0.05) is 24.3 Å². The van der Waals surface area contributed by atoms with Crippen molar-refractivity contribution in [1.29, 1.82) is 0 Å². The van der Waals surface area contributed by atoms with Gasteiger partial charge < -0.3 is 10.4 Å². The average Bonchev–Trinajstić information content (AvgIpc) is 2.96. The minimum absolute atomic E-state index is 0.0247. The average molecular weight is 343 g/mol. The highest BCUT2D eigenvalue weighted by Crippen LogP contribution is 2.20. The van der Waals surface area contributed by atoms with Crippen LogP contribution in [0.4, 0.5) is 8.78 Å². The first kappa shape index (κ1) is 17.3. The van der Waals surface area contributed by atoms with Gasteiger partial charge in [-0.3, -0.25) is 4.57 Å². The summed E-state index contributed by atoms with van der Waals surface area (Å²) in [5.41, 5.74) is 1.56. The van der Waals surface area contributed by atoms with Crippen LogP contribution < -0.4 is 5.32 Å². The molecule has 0 aliphatic rings. The molecule has 1 unspecified atom stereocenters. The van der Waals surface area contributed by atoms with E-state index in [9.17, 15) is 13.9 Å². The summed E-state index contributed by atoms with van der Waals surface area (Å²) >= 11 is 0. The van der Waals surface area contributed by atoms with E-state index in [1.165, 1.54) is 6.07 Å². The van der Waals surface area contributed by atoms with Crippen LogP contribution in [0.5, 0.6) is 0 Å². The summed E-state index contributed by atoms with van der Waals surface area (Å²) in [6.45, 7) is 2.33. The molecule has 2 aromatic carbocycles. The number of hydrogen-bond donors (Lipinski definition) is 2. The number of aryl methyl sites for hydroxylation is 1. The van der Waals surface area contributed by atoms with E-state index in [0.717, 1.165) is 29.3 Å². The number of imidazole rings is 1. The summed E-state index contributed by atoms with van der Waals surface area (Å²) in [6.07, 6.45) is 0.473. The van der Waals surface area contributed by atoms with Crippen molar-refractivity contribution in [1.82, 2.24) is 14.9 Å². The van der Waals surface area contributed by atoms with E-state index in [2.05, 4.69) is 10.3 Å². The van der Waals surface area contributed by atoms with Gasteiger partial charge in [-0.05, 0) is 31.2 Å². The first-order chi connectivity index (χ1) is 12.1. The lowest BCUT2D eigenvalue weighted by atomic mass is 10.1. The van der Waals surface area contributed by atoms with E-state index in [1.807, 2.05) is 41.8 Å². The Labute approximate surface area is 144 Å². The van der Waals surface area contributed by atoms with Crippen LogP contribution in [-0.4, -0.2) is 21.2 Å². The largest absolute Gasteiger partial charge is 0.387 e. The predicted octanol–water partition coefficient (Wildman–Crippen LogP) is 3.28. The number of nitrogens with one attached hydrogen (secondary N) is 1. The smallest absolute Gasteiger partial charge is 0.131 e. The summed E-state index contributed by atoms with van der Waals surface area (Å²) in [6, 6.07) is 13.3. The summed E-state index contributed by atoms with van der Waals surface area (Å²) in [5.74, 6) is -0.664. The minimum atomic E-state index is -1.27. The molecule has 25 heavy (non-hydrogen) atoms. The molecule has 1 heterocycles. The summed E-state index contributed by atoms with van der Waals surface area (Å²) < 4.78 is 29.4. The molecule has 1 aromatic heterocycles. The molecule has 0 aliphatic heterocycles. The number of benzene rings is 2. The van der Waals surface area contributed by atoms with Crippen molar-refractivity contribution in [3.8, 4) is 5.69 Å². The van der Waals surface area contributed by atoms with E-state index >= 15 is 0 Å². The Morgan fingerprint density at radius 3 is 2.44 bits per heavy atom. The van der Waals surface area contributed by atoms with Crippen molar-refractivity contribution in [3.63, 3.8) is 0 Å². The fourth-order valence-electron chi connectivity index (χ4n) is 2.81. The molecule has 0 saturated heterocycles. The number of nitrogens with zero attached hydrogens (tertiary/aromatic N) is 2. The second-order valence-electron chi connectivity index (χ2n) is 5.75. The summed E-state index contributed by atoms with van der Waals surface area (Å²) in [5, 5.41) is 13.1. The molecule has 0 fully saturated rings. The van der Waals surface area contributed by atoms with Gasteiger partial charge in [0.1, 0.15) is 17.5 Å². The van der Waals surface area contributed by atoms with Gasteiger partial charge in [0.05, 0.1) is 23.6 Å². The Balaban J connectivity index is 1.69. The molecule has 3 aromatic rings. The highest BCUT2D eigenvalue weighted by molar-refractivity contribution is 5.35. The third-order valence-electron chi connectivity index (χ3n) is 4.00. The van der Waals surface area contributed by atoms with Gasteiger partial charge in [-0.25, -0.2) is 13.8 Å². The van der Waals surface area contributed by atoms with Gasteiger partial charge in [0.25, 0.3) is 0 Å². The Hall–Kier alpha value is -2.57. The molecular weight excluding hydrogens is 324 g/mol. The molecular formula is C19H19F2N3O. The molecule has 0 saturated carbocycles. The second kappa shape index (κ2) is 7.55. The normalized spacial score (nSPS) is 12.3. The zero-order valence-electron chi connectivity index (χ0n) is 13.8. The van der Waals surface area contributed by atoms with E-state index in [0.29, 0.717) is 6.54 Å². The van der Waals surface area contributed by atoms with Crippen LogP contribution in [0.1, 0.15) is 23.2 Å². The fourth-order valence-corrected chi connectivity index (χ4v) is 2.81. The van der Waals surface area contributed by atoms with Crippen molar-refractivity contribution in [2.45, 2.75) is 19.6 Å². The van der Waals surface area contributed by atoms with Crippen LogP contribution >= 0.6 is 0 Å². The van der Waals surface area contributed by atoms with Gasteiger partial charge in [0.2, 0.25) is 0 Å². The summed E-state index contributed by atoms with van der Waals surface area (Å²) in [7, 11) is 0. The molecule has 2 N–H and O–H groups in total. The lowest BCUT2D eigenvalue weighted by molar-refractivity contribution is 0.164. The maximum atomic E-state index is 13.7. The van der Waals surface area contributed by atoms with Crippen LogP contribution in [0.3, 0.4) is 0 Å². The third-order valence-corrected chi connectivity index (χ3v) is 4.00. The molecule has 1 atom stereocenters. The van der Waals surface area contributed by atoms with Crippen molar-refractivity contribution in [2.24, 2.45) is 0 Å². The predicted molar refractivity (Wildman–Crippen MR) is 91.3 cm³/mol. The molecule has 0 amide bonds. The third kappa shape index (κ3) is 3.75. The maximum Gasteiger partial charge on any atom is 0.131 e. The molecule has 0 spiro atoms. The van der Waals surface area contributed by atoms with Crippen LogP contribution in [0, 0.1) is 18.6 Å². The quantitative estimate of drug-likeness (QED) is 0.722. The van der Waals surface area contributed by atoms with Gasteiger partial charge in [-0.2, -0.15) is 0 Å². The molecule has 3 rings (SSSR count). The highest BCUT2D eigenvalue weighted by atomic mass is 19.1. The van der Waals surface area contributed by atoms with E-state index < -0.39 is 17.7 Å². The van der Waals surface area contributed by atoms with E-state index in [4.69, 9.17) is 0 Å². The van der Waals surface area contributed by atoms with Gasteiger partial charge in [-0.15, -0.1) is 0 Å². The molecule has 6 heteroatoms. The van der Waals surface area contributed by atoms with E-state index in [1.54, 1.807) is 6.20 Å². The zero-order chi connectivity index (χ0) is 17.8. The zero-order valence-corrected chi connectivity index (χ0v) is 13.8. The summed E-state index contributed by atoms with van der Waals surface area (Å²) in [4.78, 5) is 4.32. The fraction of sp³-hybridized carbons (Fsp3) is 0.211. The Morgan fingerprint density at radius 1 is 1.08 bits per heavy atom. The van der Waals surface area contributed by atoms with Crippen molar-refractivity contribution in [3.05, 3.63) is 83.4 Å². The Bertz CT molecular complexity index is 829. The van der Waals surface area contributed by atoms with Gasteiger partial charge in [0.15, 0.2) is 0 Å². The second-order valence-corrected chi connectivity index (χ2v) is 5.75. The molecule has 130 valence electrons. The highest BCUT2D eigenvalue weighted by Gasteiger charge is 2.17. The Morgan fingerprint density at radius 2 is 1.76 bits per heavy atom. The lowest BCUT2D eigenvalue weighted by Crippen LogP contribution is -2.23. The lowest BCUT2D eigenvalue weighted by Gasteiger charge is -2.15. The number of hydrogen-bond acceptors (Lipinski definition) is 3. The van der Waals surface area contributed by atoms with Crippen LogP contribution in [0.2, 0.25) is 0 Å². The first-order valence-corrected chi connectivity index (χ1v) is 7.99. The number of aromatic nitrogens is 2. The standard InChI is InChI=1S/C19H19F2N3O/c1-13-23-11-15(24(13)14-6-3-2-4-7-14)10-22-12-18(25)19-16(20)8-5-9-17(19)21/h2-9,11,18,22,25H,10,12H2,1H3. The number of aliphatic hydroxyl groups excluding tert-OH is 1. The van der Waals surface area contributed by atoms with Crippen molar-refractivity contribution >= 4 is 0 Å². The monoisotopic (exact) mass is 343 g/mol. The maximum absolute atomic E-state index is 13.7. The minimum Gasteiger partial charge on any atom is -0.387 e. The number of rotatable bonds is 6. The van der Waals surface area contributed by atoms with Gasteiger partial charge >= 0.3 is 0 Å². The van der Waals surface area contributed by atoms with Crippen LogP contribution in [0.25, 0.3) is 5.69 Å². The van der Waals surface area contributed by atoms with Crippen LogP contribution in [-0.2, 0) is 6.54 Å². The number of aliphatic hydroxyl groups is 1. The van der Waals surface area contributed by atoms with Crippen LogP contribution in [0.15, 0.2) is 54.7 Å². The van der Waals surface area contributed by atoms with E-state index in [-0.39, 0.29) is 12.1 Å². The molecule has 0 bridgehead atoms. The first-order valence-electron chi connectivity index (χ1n) is 7.99. The topological polar surface area (TPSA) is 50.1 Å². The molecule has 4 nitrogen and oxygen atoms in total. The number of halogens is 2. The van der Waals surface area contributed by atoms with Gasteiger partial charge in [0, 0.05) is 18.8 Å². The molecule has 0 radical (unpaired) electrons. The van der Waals surface area contributed by atoms with Crippen molar-refractivity contribution < 1.29 is 13.9 Å². The number of para-hydroxylation sites is 1. The van der Waals surface area contributed by atoms with Crippen molar-refractivity contribution in [2.75, 3.05) is 6.54 Å². The molecule has 0 aliphatic carbocycles. The Kier molecular flexibility index (Phi) is 5.21.